The maximum absolute atomic E-state index is 10.8. The molecule has 0 saturated carbocycles. The summed E-state index contributed by atoms with van der Waals surface area (Å²) < 4.78 is 6.19. The fraction of sp³-hybridized carbons (Fsp3) is 0.600. The summed E-state index contributed by atoms with van der Waals surface area (Å²) in [5, 5.41) is 14.4. The molecule has 2 fully saturated rings. The van der Waals surface area contributed by atoms with E-state index in [1.165, 1.54) is 12.8 Å². The van der Waals surface area contributed by atoms with Gasteiger partial charge in [0.1, 0.15) is 5.75 Å². The number of methoxy groups -OCH3 is 1. The largest absolute Gasteiger partial charge is 0.496 e. The first-order chi connectivity index (χ1) is 9.08. The van der Waals surface area contributed by atoms with E-state index in [-0.39, 0.29) is 0 Å². The monoisotopic (exact) mass is 325 g/mol. The molecule has 2 heterocycles. The molecule has 0 radical (unpaired) electrons. The molecule has 2 bridgehead atoms. The van der Waals surface area contributed by atoms with Crippen molar-refractivity contribution < 1.29 is 9.84 Å². The molecule has 2 aliphatic heterocycles. The van der Waals surface area contributed by atoms with E-state index in [1.807, 2.05) is 12.1 Å². The van der Waals surface area contributed by atoms with E-state index in [9.17, 15) is 5.11 Å². The molecule has 0 amide bonds. The maximum Gasteiger partial charge on any atom is 0.133 e. The summed E-state index contributed by atoms with van der Waals surface area (Å²) in [6.45, 7) is 0. The molecule has 3 rings (SSSR count). The molecule has 1 aromatic carbocycles. The van der Waals surface area contributed by atoms with Gasteiger partial charge in [-0.25, -0.2) is 0 Å². The molecule has 0 aliphatic carbocycles. The summed E-state index contributed by atoms with van der Waals surface area (Å²) in [6, 6.07) is 7.07. The highest BCUT2D eigenvalue weighted by Crippen LogP contribution is 2.37. The molecule has 0 spiro atoms. The van der Waals surface area contributed by atoms with E-state index in [0.29, 0.717) is 12.1 Å². The Hall–Kier alpha value is -0.580. The fourth-order valence-electron chi connectivity index (χ4n) is 3.57. The Morgan fingerprint density at radius 3 is 2.63 bits per heavy atom. The van der Waals surface area contributed by atoms with Gasteiger partial charge in [0.15, 0.2) is 0 Å². The number of halogens is 1. The van der Waals surface area contributed by atoms with E-state index in [1.54, 1.807) is 7.11 Å². The summed E-state index contributed by atoms with van der Waals surface area (Å²) in [6.07, 6.45) is 4.88. The average Bonchev–Trinajstić information content (AvgIpc) is 2.69. The van der Waals surface area contributed by atoms with E-state index in [4.69, 9.17) is 4.74 Å². The first-order valence-electron chi connectivity index (χ1n) is 6.89. The van der Waals surface area contributed by atoms with Crippen LogP contribution in [-0.4, -0.2) is 29.9 Å². The lowest BCUT2D eigenvalue weighted by atomic mass is 9.82. The fourth-order valence-corrected chi connectivity index (χ4v) is 4.16. The van der Waals surface area contributed by atoms with Crippen LogP contribution < -0.4 is 10.1 Å². The van der Waals surface area contributed by atoms with Crippen molar-refractivity contribution in [2.24, 2.45) is 0 Å². The van der Waals surface area contributed by atoms with Crippen LogP contribution in [-0.2, 0) is 6.42 Å². The van der Waals surface area contributed by atoms with Crippen molar-refractivity contribution in [2.75, 3.05) is 7.11 Å². The molecule has 2 saturated heterocycles. The first-order valence-corrected chi connectivity index (χ1v) is 7.68. The SMILES string of the molecule is COc1ccc(CC2(O)CC3CCC(C2)N3)cc1Br. The molecule has 3 nitrogen and oxygen atoms in total. The number of ether oxygens (including phenoxy) is 1. The molecule has 4 heteroatoms. The Kier molecular flexibility index (Phi) is 3.58. The highest BCUT2D eigenvalue weighted by atomic mass is 79.9. The Labute approximate surface area is 122 Å². The van der Waals surface area contributed by atoms with Gasteiger partial charge >= 0.3 is 0 Å². The molecule has 104 valence electrons. The predicted octanol–water partition coefficient (Wildman–Crippen LogP) is 2.65. The van der Waals surface area contributed by atoms with Crippen molar-refractivity contribution in [1.82, 2.24) is 5.32 Å². The van der Waals surface area contributed by atoms with Gasteiger partial charge in [-0.15, -0.1) is 0 Å². The number of aliphatic hydroxyl groups is 1. The highest BCUT2D eigenvalue weighted by molar-refractivity contribution is 9.10. The minimum atomic E-state index is -0.550. The number of benzene rings is 1. The quantitative estimate of drug-likeness (QED) is 0.897. The van der Waals surface area contributed by atoms with Gasteiger partial charge in [-0.3, -0.25) is 0 Å². The van der Waals surface area contributed by atoms with Crippen LogP contribution in [0.2, 0.25) is 0 Å². The van der Waals surface area contributed by atoms with Crippen molar-refractivity contribution in [3.05, 3.63) is 28.2 Å². The summed E-state index contributed by atoms with van der Waals surface area (Å²) in [5.41, 5.74) is 0.613. The van der Waals surface area contributed by atoms with E-state index in [2.05, 4.69) is 27.3 Å². The van der Waals surface area contributed by atoms with Gasteiger partial charge in [0, 0.05) is 18.5 Å². The molecule has 0 aromatic heterocycles. The van der Waals surface area contributed by atoms with Crippen molar-refractivity contribution in [1.29, 1.82) is 0 Å². The lowest BCUT2D eigenvalue weighted by Gasteiger charge is -2.37. The molecule has 1 aromatic rings. The van der Waals surface area contributed by atoms with Crippen LogP contribution in [0.5, 0.6) is 5.75 Å². The molecular formula is C15H20BrNO2. The van der Waals surface area contributed by atoms with Crippen LogP contribution in [0.4, 0.5) is 0 Å². The number of piperidine rings is 1. The highest BCUT2D eigenvalue weighted by Gasteiger charge is 2.42. The summed E-state index contributed by atoms with van der Waals surface area (Å²) in [7, 11) is 1.66. The third kappa shape index (κ3) is 2.81. The van der Waals surface area contributed by atoms with E-state index < -0.39 is 5.60 Å². The van der Waals surface area contributed by atoms with Gasteiger partial charge in [-0.2, -0.15) is 0 Å². The topological polar surface area (TPSA) is 41.5 Å². The summed E-state index contributed by atoms with van der Waals surface area (Å²) in [4.78, 5) is 0. The van der Waals surface area contributed by atoms with Crippen molar-refractivity contribution >= 4 is 15.9 Å². The number of nitrogens with one attached hydrogen (secondary N) is 1. The summed E-state index contributed by atoms with van der Waals surface area (Å²) >= 11 is 3.51. The standard InChI is InChI=1S/C15H20BrNO2/c1-19-14-5-2-10(6-13(14)16)7-15(18)8-11-3-4-12(9-15)17-11/h2,5-6,11-12,17-18H,3-4,7-9H2,1H3. The van der Waals surface area contributed by atoms with Crippen LogP contribution in [0.3, 0.4) is 0 Å². The molecule has 19 heavy (non-hydrogen) atoms. The van der Waals surface area contributed by atoms with Gasteiger partial charge in [-0.05, 0) is 59.3 Å². The second-order valence-electron chi connectivity index (χ2n) is 5.92. The van der Waals surface area contributed by atoms with Crippen LogP contribution >= 0.6 is 15.9 Å². The van der Waals surface area contributed by atoms with Gasteiger partial charge in [0.05, 0.1) is 17.2 Å². The Bertz CT molecular complexity index is 465. The Morgan fingerprint density at radius 1 is 1.37 bits per heavy atom. The van der Waals surface area contributed by atoms with Crippen LogP contribution in [0, 0.1) is 0 Å². The number of hydrogen-bond acceptors (Lipinski definition) is 3. The molecule has 2 atom stereocenters. The second kappa shape index (κ2) is 5.08. The van der Waals surface area contributed by atoms with E-state index in [0.717, 1.165) is 35.0 Å². The summed E-state index contributed by atoms with van der Waals surface area (Å²) in [5.74, 6) is 0.834. The van der Waals surface area contributed by atoms with Gasteiger partial charge in [0.25, 0.3) is 0 Å². The third-order valence-corrected chi connectivity index (χ3v) is 4.96. The first kappa shape index (κ1) is 13.4. The van der Waals surface area contributed by atoms with Crippen molar-refractivity contribution in [2.45, 2.75) is 49.8 Å². The average molecular weight is 326 g/mol. The molecular weight excluding hydrogens is 306 g/mol. The van der Waals surface area contributed by atoms with Gasteiger partial charge in [-0.1, -0.05) is 6.07 Å². The van der Waals surface area contributed by atoms with Crippen molar-refractivity contribution in [3.8, 4) is 5.75 Å². The Balaban J connectivity index is 1.75. The molecule has 2 N–H and O–H groups in total. The second-order valence-corrected chi connectivity index (χ2v) is 6.77. The zero-order valence-electron chi connectivity index (χ0n) is 11.2. The molecule has 2 aliphatic rings. The van der Waals surface area contributed by atoms with Crippen molar-refractivity contribution in [3.63, 3.8) is 0 Å². The minimum Gasteiger partial charge on any atom is -0.496 e. The van der Waals surface area contributed by atoms with Crippen LogP contribution in [0.25, 0.3) is 0 Å². The number of fused-ring (bicyclic) bond motifs is 2. The zero-order valence-corrected chi connectivity index (χ0v) is 12.7. The predicted molar refractivity (Wildman–Crippen MR) is 78.5 cm³/mol. The zero-order chi connectivity index (χ0) is 13.5. The van der Waals surface area contributed by atoms with Gasteiger partial charge in [0.2, 0.25) is 0 Å². The van der Waals surface area contributed by atoms with Crippen LogP contribution in [0.15, 0.2) is 22.7 Å². The maximum atomic E-state index is 10.8. The lowest BCUT2D eigenvalue weighted by Crippen LogP contribution is -2.49. The number of hydrogen-bond donors (Lipinski definition) is 2. The molecule has 2 unspecified atom stereocenters. The van der Waals surface area contributed by atoms with Gasteiger partial charge < -0.3 is 15.2 Å². The smallest absolute Gasteiger partial charge is 0.133 e. The van der Waals surface area contributed by atoms with Crippen LogP contribution in [0.1, 0.15) is 31.2 Å². The number of rotatable bonds is 3. The van der Waals surface area contributed by atoms with E-state index >= 15 is 0 Å². The Morgan fingerprint density at radius 2 is 2.05 bits per heavy atom. The third-order valence-electron chi connectivity index (χ3n) is 4.34. The normalized spacial score (nSPS) is 33.4. The minimum absolute atomic E-state index is 0.505. The lowest BCUT2D eigenvalue weighted by molar-refractivity contribution is -0.00610.